The van der Waals surface area contributed by atoms with Gasteiger partial charge in [-0.25, -0.2) is 4.79 Å². The number of carbonyl (C=O) groups excluding carboxylic acids is 1. The number of nitrogen functional groups attached to an aromatic ring is 1. The summed E-state index contributed by atoms with van der Waals surface area (Å²) in [5.74, 6) is -0.578. The highest BCUT2D eigenvalue weighted by atomic mass is 16.5. The molecule has 0 spiro atoms. The van der Waals surface area contributed by atoms with Gasteiger partial charge in [-0.15, -0.1) is 0 Å². The number of aryl methyl sites for hydroxylation is 2. The number of rotatable bonds is 5. The molecule has 0 atom stereocenters. The van der Waals surface area contributed by atoms with Gasteiger partial charge < -0.3 is 15.0 Å². The molecule has 3 aromatic rings. The van der Waals surface area contributed by atoms with Crippen molar-refractivity contribution in [1.29, 1.82) is 5.26 Å². The standard InChI is InChI=1S/C20H18N4O2/c1-26-20(25)19-18(22)16(12-21)13-24(19)17-6-4-14(5-7-17)2-3-15-8-10-23-11-9-15/h4-11,13H,2-3,22H2,1H3. The first-order chi connectivity index (χ1) is 12.6. The van der Waals surface area contributed by atoms with Crippen molar-refractivity contribution in [1.82, 2.24) is 9.55 Å². The summed E-state index contributed by atoms with van der Waals surface area (Å²) in [6.45, 7) is 0. The second kappa shape index (κ2) is 7.53. The molecular formula is C20H18N4O2. The van der Waals surface area contributed by atoms with Crippen molar-refractivity contribution in [2.75, 3.05) is 12.8 Å². The van der Waals surface area contributed by atoms with Crippen LogP contribution in [0.2, 0.25) is 0 Å². The minimum Gasteiger partial charge on any atom is -0.464 e. The average molecular weight is 346 g/mol. The molecule has 0 saturated heterocycles. The van der Waals surface area contributed by atoms with Crippen LogP contribution in [0.4, 0.5) is 5.69 Å². The van der Waals surface area contributed by atoms with E-state index in [9.17, 15) is 10.1 Å². The molecule has 6 nitrogen and oxygen atoms in total. The summed E-state index contributed by atoms with van der Waals surface area (Å²) in [6.07, 6.45) is 6.94. The summed E-state index contributed by atoms with van der Waals surface area (Å²) in [5.41, 5.74) is 9.60. The molecule has 0 saturated carbocycles. The van der Waals surface area contributed by atoms with Gasteiger partial charge >= 0.3 is 5.97 Å². The monoisotopic (exact) mass is 346 g/mol. The fourth-order valence-corrected chi connectivity index (χ4v) is 2.78. The normalized spacial score (nSPS) is 10.3. The molecule has 3 rings (SSSR count). The van der Waals surface area contributed by atoms with Crippen LogP contribution in [0.15, 0.2) is 55.0 Å². The summed E-state index contributed by atoms with van der Waals surface area (Å²) in [7, 11) is 1.29. The van der Waals surface area contributed by atoms with E-state index in [1.54, 1.807) is 23.2 Å². The van der Waals surface area contributed by atoms with Crippen molar-refractivity contribution >= 4 is 11.7 Å². The molecule has 1 aromatic carbocycles. The summed E-state index contributed by atoms with van der Waals surface area (Å²) in [6, 6.07) is 13.8. The van der Waals surface area contributed by atoms with Gasteiger partial charge in [-0.2, -0.15) is 5.26 Å². The quantitative estimate of drug-likeness (QED) is 0.717. The zero-order valence-electron chi connectivity index (χ0n) is 14.3. The number of pyridine rings is 1. The number of hydrogen-bond donors (Lipinski definition) is 1. The summed E-state index contributed by atoms with van der Waals surface area (Å²) in [4.78, 5) is 16.1. The molecule has 0 aliphatic rings. The highest BCUT2D eigenvalue weighted by Gasteiger charge is 2.21. The van der Waals surface area contributed by atoms with E-state index in [-0.39, 0.29) is 16.9 Å². The third-order valence-electron chi connectivity index (χ3n) is 4.21. The third-order valence-corrected chi connectivity index (χ3v) is 4.21. The van der Waals surface area contributed by atoms with Crippen LogP contribution in [0.25, 0.3) is 5.69 Å². The van der Waals surface area contributed by atoms with E-state index in [4.69, 9.17) is 10.5 Å². The highest BCUT2D eigenvalue weighted by molar-refractivity contribution is 5.95. The molecule has 0 fully saturated rings. The first kappa shape index (κ1) is 17.2. The molecule has 26 heavy (non-hydrogen) atoms. The largest absolute Gasteiger partial charge is 0.464 e. The smallest absolute Gasteiger partial charge is 0.357 e. The lowest BCUT2D eigenvalue weighted by Crippen LogP contribution is -2.11. The van der Waals surface area contributed by atoms with Crippen LogP contribution in [-0.4, -0.2) is 22.6 Å². The minimum atomic E-state index is -0.578. The van der Waals surface area contributed by atoms with Crippen LogP contribution in [-0.2, 0) is 17.6 Å². The number of benzene rings is 1. The van der Waals surface area contributed by atoms with Crippen LogP contribution in [0, 0.1) is 11.3 Å². The Morgan fingerprint density at radius 1 is 1.15 bits per heavy atom. The van der Waals surface area contributed by atoms with Crippen molar-refractivity contribution in [3.05, 3.63) is 77.4 Å². The molecule has 0 bridgehead atoms. The van der Waals surface area contributed by atoms with Gasteiger partial charge in [0.05, 0.1) is 18.4 Å². The third kappa shape index (κ3) is 3.42. The van der Waals surface area contributed by atoms with E-state index in [1.165, 1.54) is 18.2 Å². The van der Waals surface area contributed by atoms with Crippen molar-refractivity contribution < 1.29 is 9.53 Å². The Morgan fingerprint density at radius 2 is 1.77 bits per heavy atom. The fraction of sp³-hybridized carbons (Fsp3) is 0.150. The predicted molar refractivity (Wildman–Crippen MR) is 97.9 cm³/mol. The van der Waals surface area contributed by atoms with Crippen LogP contribution < -0.4 is 5.73 Å². The van der Waals surface area contributed by atoms with Crippen molar-refractivity contribution in [2.45, 2.75) is 12.8 Å². The topological polar surface area (TPSA) is 93.9 Å². The summed E-state index contributed by atoms with van der Waals surface area (Å²) < 4.78 is 6.38. The molecule has 2 N–H and O–H groups in total. The first-order valence-corrected chi connectivity index (χ1v) is 8.11. The van der Waals surface area contributed by atoms with Gasteiger partial charge in [0.25, 0.3) is 0 Å². The summed E-state index contributed by atoms with van der Waals surface area (Å²) in [5, 5.41) is 9.18. The lowest BCUT2D eigenvalue weighted by molar-refractivity contribution is 0.0593. The second-order valence-electron chi connectivity index (χ2n) is 5.80. The second-order valence-corrected chi connectivity index (χ2v) is 5.80. The zero-order chi connectivity index (χ0) is 18.5. The maximum absolute atomic E-state index is 12.0. The molecule has 130 valence electrons. The Balaban J connectivity index is 1.85. The van der Waals surface area contributed by atoms with E-state index in [0.717, 1.165) is 18.5 Å². The SMILES string of the molecule is COC(=O)c1c(N)c(C#N)cn1-c1ccc(CCc2ccncc2)cc1. The van der Waals surface area contributed by atoms with E-state index in [1.807, 2.05) is 42.5 Å². The van der Waals surface area contributed by atoms with E-state index >= 15 is 0 Å². The summed E-state index contributed by atoms with van der Waals surface area (Å²) >= 11 is 0. The Labute approximate surface area is 151 Å². The zero-order valence-corrected chi connectivity index (χ0v) is 14.3. The number of carbonyl (C=O) groups is 1. The number of nitrogens with two attached hydrogens (primary N) is 1. The van der Waals surface area contributed by atoms with Gasteiger partial charge in [0.2, 0.25) is 0 Å². The highest BCUT2D eigenvalue weighted by Crippen LogP contribution is 2.25. The van der Waals surface area contributed by atoms with Gasteiger partial charge in [0.1, 0.15) is 6.07 Å². The van der Waals surface area contributed by atoms with E-state index in [2.05, 4.69) is 4.98 Å². The molecule has 2 heterocycles. The van der Waals surface area contributed by atoms with Crippen LogP contribution in [0.5, 0.6) is 0 Å². The van der Waals surface area contributed by atoms with Crippen LogP contribution in [0.3, 0.4) is 0 Å². The molecule has 0 aliphatic heterocycles. The van der Waals surface area contributed by atoms with Crippen LogP contribution in [0.1, 0.15) is 27.2 Å². The maximum Gasteiger partial charge on any atom is 0.357 e. The Kier molecular flexibility index (Phi) is 4.99. The molecule has 6 heteroatoms. The number of nitrogens with zero attached hydrogens (tertiary/aromatic N) is 3. The molecule has 0 unspecified atom stereocenters. The number of ether oxygens (including phenoxy) is 1. The molecular weight excluding hydrogens is 328 g/mol. The van der Waals surface area contributed by atoms with Crippen molar-refractivity contribution in [3.63, 3.8) is 0 Å². The number of nitriles is 1. The molecule has 0 radical (unpaired) electrons. The van der Waals surface area contributed by atoms with Gasteiger partial charge in [0.15, 0.2) is 5.69 Å². The predicted octanol–water partition coefficient (Wildman–Crippen LogP) is 2.90. The maximum atomic E-state index is 12.0. The number of anilines is 1. The minimum absolute atomic E-state index is 0.126. The number of hydrogen-bond acceptors (Lipinski definition) is 5. The Bertz CT molecular complexity index is 954. The van der Waals surface area contributed by atoms with Gasteiger partial charge in [0, 0.05) is 24.3 Å². The van der Waals surface area contributed by atoms with E-state index < -0.39 is 5.97 Å². The van der Waals surface area contributed by atoms with Crippen molar-refractivity contribution in [3.8, 4) is 11.8 Å². The average Bonchev–Trinajstić information content (AvgIpc) is 3.03. The Hall–Kier alpha value is -3.59. The van der Waals surface area contributed by atoms with Crippen molar-refractivity contribution in [2.24, 2.45) is 0 Å². The first-order valence-electron chi connectivity index (χ1n) is 8.11. The lowest BCUT2D eigenvalue weighted by atomic mass is 10.1. The number of aromatic nitrogens is 2. The number of methoxy groups -OCH3 is 1. The van der Waals surface area contributed by atoms with Gasteiger partial charge in [-0.1, -0.05) is 12.1 Å². The van der Waals surface area contributed by atoms with Crippen LogP contribution >= 0.6 is 0 Å². The van der Waals surface area contributed by atoms with Gasteiger partial charge in [-0.05, 0) is 48.2 Å². The fourth-order valence-electron chi connectivity index (χ4n) is 2.78. The molecule has 2 aromatic heterocycles. The number of esters is 1. The molecule has 0 aliphatic carbocycles. The van der Waals surface area contributed by atoms with Gasteiger partial charge in [-0.3, -0.25) is 4.98 Å². The lowest BCUT2D eigenvalue weighted by Gasteiger charge is -2.09. The molecule has 0 amide bonds. The Morgan fingerprint density at radius 3 is 2.35 bits per heavy atom. The van der Waals surface area contributed by atoms with E-state index in [0.29, 0.717) is 0 Å².